The fraction of sp³-hybridized carbons (Fsp3) is 0.556. The fourth-order valence-corrected chi connectivity index (χ4v) is 5.36. The van der Waals surface area contributed by atoms with E-state index in [4.69, 9.17) is 4.74 Å². The van der Waals surface area contributed by atoms with Gasteiger partial charge in [0.15, 0.2) is 15.8 Å². The Kier molecular flexibility index (Phi) is 5.88. The van der Waals surface area contributed by atoms with E-state index in [2.05, 4.69) is 15.6 Å². The normalized spacial score (nSPS) is 24.9. The van der Waals surface area contributed by atoms with E-state index in [9.17, 15) is 13.2 Å². The maximum Gasteiger partial charge on any atom is 0.229 e. The highest BCUT2D eigenvalue weighted by molar-refractivity contribution is 7.91. The third-order valence-electron chi connectivity index (χ3n) is 4.94. The molecule has 1 amide bonds. The van der Waals surface area contributed by atoms with Gasteiger partial charge in [-0.05, 0) is 24.5 Å². The number of benzene rings is 1. The monoisotopic (exact) mass is 394 g/mol. The molecule has 2 aliphatic heterocycles. The van der Waals surface area contributed by atoms with Crippen LogP contribution in [0.1, 0.15) is 12.8 Å². The molecule has 8 nitrogen and oxygen atoms in total. The molecule has 2 atom stereocenters. The first-order valence-electron chi connectivity index (χ1n) is 9.02. The number of carbonyl (C=O) groups is 1. The van der Waals surface area contributed by atoms with E-state index in [0.717, 1.165) is 5.69 Å². The number of anilines is 1. The van der Waals surface area contributed by atoms with Crippen molar-refractivity contribution >= 4 is 27.4 Å². The zero-order chi connectivity index (χ0) is 19.4. The second-order valence-electron chi connectivity index (χ2n) is 6.97. The number of ether oxygens (including phenoxy) is 1. The van der Waals surface area contributed by atoms with Crippen molar-refractivity contribution in [3.05, 3.63) is 24.3 Å². The van der Waals surface area contributed by atoms with E-state index in [0.29, 0.717) is 37.6 Å². The van der Waals surface area contributed by atoms with E-state index in [-0.39, 0.29) is 29.4 Å². The van der Waals surface area contributed by atoms with Crippen LogP contribution in [-0.4, -0.2) is 65.1 Å². The van der Waals surface area contributed by atoms with Crippen molar-refractivity contribution in [2.24, 2.45) is 10.9 Å². The minimum absolute atomic E-state index is 0.0399. The third-order valence-corrected chi connectivity index (χ3v) is 6.78. The SMILES string of the molecule is CN=C(NCC1CCS(=O)(=O)C1)NC1CC(=O)N(c2cccc(OC)c2)C1. The van der Waals surface area contributed by atoms with Gasteiger partial charge in [-0.1, -0.05) is 6.07 Å². The average Bonchev–Trinajstić information content (AvgIpc) is 3.20. The summed E-state index contributed by atoms with van der Waals surface area (Å²) in [7, 11) is 0.376. The quantitative estimate of drug-likeness (QED) is 0.554. The summed E-state index contributed by atoms with van der Waals surface area (Å²) in [6, 6.07) is 7.36. The fourth-order valence-electron chi connectivity index (χ4n) is 3.49. The Morgan fingerprint density at radius 3 is 2.89 bits per heavy atom. The van der Waals surface area contributed by atoms with Crippen molar-refractivity contribution in [3.63, 3.8) is 0 Å². The number of aliphatic imine (C=N–C) groups is 1. The Bertz CT molecular complexity index is 824. The van der Waals surface area contributed by atoms with Crippen molar-refractivity contribution in [2.75, 3.05) is 43.7 Å². The standard InChI is InChI=1S/C18H26N4O4S/c1-19-18(20-10-13-6-7-27(24,25)12-13)21-14-8-17(23)22(11-14)15-4-3-5-16(9-15)26-2/h3-5,9,13-14H,6-8,10-12H2,1-2H3,(H2,19,20,21). The summed E-state index contributed by atoms with van der Waals surface area (Å²) in [4.78, 5) is 18.3. The molecule has 2 unspecified atom stereocenters. The number of rotatable bonds is 5. The second kappa shape index (κ2) is 8.16. The Morgan fingerprint density at radius 1 is 1.41 bits per heavy atom. The Labute approximate surface area is 159 Å². The van der Waals surface area contributed by atoms with Crippen LogP contribution in [0, 0.1) is 5.92 Å². The van der Waals surface area contributed by atoms with Gasteiger partial charge in [-0.2, -0.15) is 0 Å². The van der Waals surface area contributed by atoms with Gasteiger partial charge in [-0.3, -0.25) is 9.79 Å². The minimum Gasteiger partial charge on any atom is -0.497 e. The summed E-state index contributed by atoms with van der Waals surface area (Å²) in [6.45, 7) is 1.09. The van der Waals surface area contributed by atoms with Crippen molar-refractivity contribution in [1.82, 2.24) is 10.6 Å². The van der Waals surface area contributed by atoms with Gasteiger partial charge in [0.05, 0.1) is 24.7 Å². The van der Waals surface area contributed by atoms with Gasteiger partial charge in [0.25, 0.3) is 0 Å². The first-order valence-corrected chi connectivity index (χ1v) is 10.8. The molecule has 0 aromatic heterocycles. The maximum absolute atomic E-state index is 12.4. The molecule has 2 N–H and O–H groups in total. The molecule has 2 heterocycles. The van der Waals surface area contributed by atoms with Gasteiger partial charge < -0.3 is 20.3 Å². The number of hydrogen-bond acceptors (Lipinski definition) is 5. The average molecular weight is 394 g/mol. The molecule has 2 saturated heterocycles. The van der Waals surface area contributed by atoms with E-state index in [1.54, 1.807) is 19.1 Å². The van der Waals surface area contributed by atoms with Gasteiger partial charge >= 0.3 is 0 Å². The summed E-state index contributed by atoms with van der Waals surface area (Å²) < 4.78 is 28.4. The van der Waals surface area contributed by atoms with Crippen molar-refractivity contribution in [2.45, 2.75) is 18.9 Å². The van der Waals surface area contributed by atoms with Crippen LogP contribution < -0.4 is 20.3 Å². The predicted molar refractivity (Wildman–Crippen MR) is 105 cm³/mol. The van der Waals surface area contributed by atoms with Gasteiger partial charge in [-0.25, -0.2) is 8.42 Å². The molecule has 0 radical (unpaired) electrons. The third kappa shape index (κ3) is 4.91. The second-order valence-corrected chi connectivity index (χ2v) is 9.20. The lowest BCUT2D eigenvalue weighted by Gasteiger charge is -2.20. The van der Waals surface area contributed by atoms with Crippen LogP contribution in [0.15, 0.2) is 29.3 Å². The summed E-state index contributed by atoms with van der Waals surface area (Å²) in [5, 5.41) is 6.45. The highest BCUT2D eigenvalue weighted by Crippen LogP contribution is 2.25. The number of nitrogens with zero attached hydrogens (tertiary/aromatic N) is 2. The van der Waals surface area contributed by atoms with Crippen LogP contribution in [-0.2, 0) is 14.6 Å². The maximum atomic E-state index is 12.4. The van der Waals surface area contributed by atoms with Crippen LogP contribution in [0.2, 0.25) is 0 Å². The lowest BCUT2D eigenvalue weighted by molar-refractivity contribution is -0.117. The van der Waals surface area contributed by atoms with Gasteiger partial charge in [-0.15, -0.1) is 0 Å². The van der Waals surface area contributed by atoms with Crippen LogP contribution in [0.25, 0.3) is 0 Å². The molecule has 0 spiro atoms. The molecule has 9 heteroatoms. The summed E-state index contributed by atoms with van der Waals surface area (Å²) in [5.41, 5.74) is 0.808. The zero-order valence-corrected chi connectivity index (χ0v) is 16.5. The number of amides is 1. The van der Waals surface area contributed by atoms with Crippen LogP contribution in [0.5, 0.6) is 5.75 Å². The molecule has 148 valence electrons. The van der Waals surface area contributed by atoms with E-state index in [1.807, 2.05) is 24.3 Å². The Balaban J connectivity index is 1.55. The molecule has 1 aromatic rings. The van der Waals surface area contributed by atoms with Gasteiger partial charge in [0.1, 0.15) is 5.75 Å². The Morgan fingerprint density at radius 2 is 2.22 bits per heavy atom. The molecule has 3 rings (SSSR count). The van der Waals surface area contributed by atoms with Gasteiger partial charge in [0, 0.05) is 38.3 Å². The highest BCUT2D eigenvalue weighted by atomic mass is 32.2. The van der Waals surface area contributed by atoms with Crippen LogP contribution in [0.4, 0.5) is 5.69 Å². The zero-order valence-electron chi connectivity index (χ0n) is 15.6. The molecule has 1 aromatic carbocycles. The molecule has 0 saturated carbocycles. The number of sulfone groups is 1. The Hall–Kier alpha value is -2.29. The summed E-state index contributed by atoms with van der Waals surface area (Å²) in [5.74, 6) is 1.93. The van der Waals surface area contributed by atoms with Crippen molar-refractivity contribution in [3.8, 4) is 5.75 Å². The molecular weight excluding hydrogens is 368 g/mol. The van der Waals surface area contributed by atoms with Gasteiger partial charge in [0.2, 0.25) is 5.91 Å². The molecular formula is C18H26N4O4S. The van der Waals surface area contributed by atoms with Crippen molar-refractivity contribution in [1.29, 1.82) is 0 Å². The first kappa shape index (κ1) is 19.5. The molecule has 0 aliphatic carbocycles. The lowest BCUT2D eigenvalue weighted by Crippen LogP contribution is -2.46. The van der Waals surface area contributed by atoms with Crippen LogP contribution >= 0.6 is 0 Å². The number of carbonyl (C=O) groups excluding carboxylic acids is 1. The molecule has 27 heavy (non-hydrogen) atoms. The number of nitrogens with one attached hydrogen (secondary N) is 2. The number of methoxy groups -OCH3 is 1. The minimum atomic E-state index is -2.89. The predicted octanol–water partition coefficient (Wildman–Crippen LogP) is 0.400. The van der Waals surface area contributed by atoms with E-state index in [1.165, 1.54) is 0 Å². The summed E-state index contributed by atoms with van der Waals surface area (Å²) in [6.07, 6.45) is 1.05. The topological polar surface area (TPSA) is 100 Å². The highest BCUT2D eigenvalue weighted by Gasteiger charge is 2.32. The number of guanidine groups is 1. The smallest absolute Gasteiger partial charge is 0.229 e. The van der Waals surface area contributed by atoms with Crippen molar-refractivity contribution < 1.29 is 17.9 Å². The van der Waals surface area contributed by atoms with E-state index < -0.39 is 9.84 Å². The van der Waals surface area contributed by atoms with E-state index >= 15 is 0 Å². The molecule has 0 bridgehead atoms. The first-order chi connectivity index (χ1) is 12.9. The van der Waals surface area contributed by atoms with Crippen LogP contribution in [0.3, 0.4) is 0 Å². The lowest BCUT2D eigenvalue weighted by atomic mass is 10.1. The molecule has 2 aliphatic rings. The number of hydrogen-bond donors (Lipinski definition) is 2. The molecule has 2 fully saturated rings. The summed E-state index contributed by atoms with van der Waals surface area (Å²) >= 11 is 0. The largest absolute Gasteiger partial charge is 0.497 e.